The number of rotatable bonds is 5. The second-order valence-electron chi connectivity index (χ2n) is 5.28. The lowest BCUT2D eigenvalue weighted by molar-refractivity contribution is -0.105. The van der Waals surface area contributed by atoms with E-state index in [-0.39, 0.29) is 5.41 Å². The molecule has 0 aromatic heterocycles. The Morgan fingerprint density at radius 3 is 2.63 bits per heavy atom. The molecule has 1 aromatic carbocycles. The molecule has 2 aliphatic heterocycles. The van der Waals surface area contributed by atoms with Crippen LogP contribution in [0.25, 0.3) is 0 Å². The summed E-state index contributed by atoms with van der Waals surface area (Å²) >= 11 is 0. The van der Waals surface area contributed by atoms with Crippen LogP contribution in [0.3, 0.4) is 0 Å². The fourth-order valence-electron chi connectivity index (χ4n) is 2.35. The third-order valence-corrected chi connectivity index (χ3v) is 3.69. The van der Waals surface area contributed by atoms with Crippen molar-refractivity contribution in [3.63, 3.8) is 0 Å². The fourth-order valence-corrected chi connectivity index (χ4v) is 2.35. The highest BCUT2D eigenvalue weighted by atomic mass is 16.6. The first kappa shape index (κ1) is 12.7. The first-order chi connectivity index (χ1) is 9.31. The standard InChI is InChI=1S/C14H20N2O3/c15-7-14(9-17-10-14)8-16-6-11-1-2-12-13(5-11)19-4-3-18-12/h1-2,5,16H,3-4,6-10,15H2. The van der Waals surface area contributed by atoms with Gasteiger partial charge >= 0.3 is 0 Å². The molecule has 1 fully saturated rings. The second-order valence-corrected chi connectivity index (χ2v) is 5.28. The molecular weight excluding hydrogens is 244 g/mol. The minimum atomic E-state index is 0.133. The van der Waals surface area contributed by atoms with Crippen molar-refractivity contribution in [3.05, 3.63) is 23.8 Å². The van der Waals surface area contributed by atoms with Crippen molar-refractivity contribution in [3.8, 4) is 11.5 Å². The third kappa shape index (κ3) is 2.68. The number of fused-ring (bicyclic) bond motifs is 1. The molecule has 1 aromatic rings. The van der Waals surface area contributed by atoms with E-state index in [1.807, 2.05) is 12.1 Å². The molecule has 19 heavy (non-hydrogen) atoms. The van der Waals surface area contributed by atoms with E-state index in [0.717, 1.165) is 37.8 Å². The van der Waals surface area contributed by atoms with Gasteiger partial charge in [0.2, 0.25) is 0 Å². The number of hydrogen-bond acceptors (Lipinski definition) is 5. The molecule has 0 saturated carbocycles. The normalized spacial score (nSPS) is 19.8. The van der Waals surface area contributed by atoms with Crippen LogP contribution in [0.2, 0.25) is 0 Å². The quantitative estimate of drug-likeness (QED) is 0.812. The summed E-state index contributed by atoms with van der Waals surface area (Å²) in [5, 5.41) is 3.45. The SMILES string of the molecule is NCC1(CNCc2ccc3c(c2)OCCO3)COC1. The highest BCUT2D eigenvalue weighted by Crippen LogP contribution is 2.31. The Labute approximate surface area is 113 Å². The van der Waals surface area contributed by atoms with Crippen LogP contribution in [0, 0.1) is 5.41 Å². The molecule has 0 bridgehead atoms. The van der Waals surface area contributed by atoms with Gasteiger partial charge in [0.1, 0.15) is 13.2 Å². The van der Waals surface area contributed by atoms with Gasteiger partial charge in [0.25, 0.3) is 0 Å². The topological polar surface area (TPSA) is 65.7 Å². The number of benzene rings is 1. The Morgan fingerprint density at radius 2 is 1.95 bits per heavy atom. The van der Waals surface area contributed by atoms with Gasteiger partial charge in [0.15, 0.2) is 11.5 Å². The third-order valence-electron chi connectivity index (χ3n) is 3.69. The summed E-state index contributed by atoms with van der Waals surface area (Å²) in [7, 11) is 0. The zero-order valence-electron chi connectivity index (χ0n) is 11.0. The highest BCUT2D eigenvalue weighted by molar-refractivity contribution is 5.43. The van der Waals surface area contributed by atoms with Gasteiger partial charge in [-0.2, -0.15) is 0 Å². The summed E-state index contributed by atoms with van der Waals surface area (Å²) in [5.74, 6) is 1.67. The van der Waals surface area contributed by atoms with Gasteiger partial charge in [-0.15, -0.1) is 0 Å². The van der Waals surface area contributed by atoms with E-state index in [0.29, 0.717) is 19.8 Å². The maximum atomic E-state index is 5.78. The lowest BCUT2D eigenvalue weighted by Gasteiger charge is -2.40. The van der Waals surface area contributed by atoms with E-state index in [1.54, 1.807) is 0 Å². The summed E-state index contributed by atoms with van der Waals surface area (Å²) in [4.78, 5) is 0. The van der Waals surface area contributed by atoms with Crippen LogP contribution in [-0.2, 0) is 11.3 Å². The van der Waals surface area contributed by atoms with E-state index in [2.05, 4.69) is 11.4 Å². The molecule has 3 rings (SSSR count). The Hall–Kier alpha value is -1.30. The largest absolute Gasteiger partial charge is 0.486 e. The van der Waals surface area contributed by atoms with Gasteiger partial charge < -0.3 is 25.3 Å². The van der Waals surface area contributed by atoms with Gasteiger partial charge in [0, 0.05) is 25.0 Å². The van der Waals surface area contributed by atoms with Crippen LogP contribution in [0.4, 0.5) is 0 Å². The molecule has 2 heterocycles. The van der Waals surface area contributed by atoms with Gasteiger partial charge in [-0.05, 0) is 17.7 Å². The second kappa shape index (κ2) is 5.36. The Kier molecular flexibility index (Phi) is 3.59. The Balaban J connectivity index is 1.55. The van der Waals surface area contributed by atoms with Crippen molar-refractivity contribution < 1.29 is 14.2 Å². The highest BCUT2D eigenvalue weighted by Gasteiger charge is 2.36. The monoisotopic (exact) mass is 264 g/mol. The zero-order valence-corrected chi connectivity index (χ0v) is 11.0. The summed E-state index contributed by atoms with van der Waals surface area (Å²) in [6, 6.07) is 6.07. The number of hydrogen-bond donors (Lipinski definition) is 2. The maximum absolute atomic E-state index is 5.78. The summed E-state index contributed by atoms with van der Waals surface area (Å²) in [6.07, 6.45) is 0. The molecule has 5 heteroatoms. The molecular formula is C14H20N2O3. The van der Waals surface area contributed by atoms with Crippen molar-refractivity contribution in [1.82, 2.24) is 5.32 Å². The number of ether oxygens (including phenoxy) is 3. The summed E-state index contributed by atoms with van der Waals surface area (Å²) in [5.41, 5.74) is 7.11. The maximum Gasteiger partial charge on any atom is 0.161 e. The van der Waals surface area contributed by atoms with Crippen LogP contribution >= 0.6 is 0 Å². The molecule has 3 N–H and O–H groups in total. The smallest absolute Gasteiger partial charge is 0.161 e. The molecule has 5 nitrogen and oxygen atoms in total. The van der Waals surface area contributed by atoms with Gasteiger partial charge in [-0.3, -0.25) is 0 Å². The lowest BCUT2D eigenvalue weighted by atomic mass is 9.86. The van der Waals surface area contributed by atoms with Gasteiger partial charge in [-0.1, -0.05) is 6.07 Å². The van der Waals surface area contributed by atoms with Crippen molar-refractivity contribution in [2.24, 2.45) is 11.1 Å². The van der Waals surface area contributed by atoms with Crippen molar-refractivity contribution in [2.75, 3.05) is 39.5 Å². The predicted octanol–water partition coefficient (Wildman–Crippen LogP) is 0.523. The lowest BCUT2D eigenvalue weighted by Crippen LogP contribution is -2.54. The van der Waals surface area contributed by atoms with Crippen LogP contribution in [0.1, 0.15) is 5.56 Å². The van der Waals surface area contributed by atoms with Crippen LogP contribution in [0.15, 0.2) is 18.2 Å². The average molecular weight is 264 g/mol. The minimum absolute atomic E-state index is 0.133. The first-order valence-corrected chi connectivity index (χ1v) is 6.68. The summed E-state index contributed by atoms with van der Waals surface area (Å²) in [6.45, 7) is 5.13. The van der Waals surface area contributed by atoms with Crippen LogP contribution in [-0.4, -0.2) is 39.5 Å². The van der Waals surface area contributed by atoms with Gasteiger partial charge in [0.05, 0.1) is 13.2 Å². The molecule has 0 amide bonds. The first-order valence-electron chi connectivity index (χ1n) is 6.68. The van der Waals surface area contributed by atoms with E-state index in [1.165, 1.54) is 5.56 Å². The van der Waals surface area contributed by atoms with E-state index >= 15 is 0 Å². The summed E-state index contributed by atoms with van der Waals surface area (Å²) < 4.78 is 16.3. The van der Waals surface area contributed by atoms with Crippen molar-refractivity contribution >= 4 is 0 Å². The number of nitrogens with two attached hydrogens (primary N) is 1. The van der Waals surface area contributed by atoms with E-state index in [9.17, 15) is 0 Å². The fraction of sp³-hybridized carbons (Fsp3) is 0.571. The van der Waals surface area contributed by atoms with Crippen molar-refractivity contribution in [2.45, 2.75) is 6.54 Å². The molecule has 1 saturated heterocycles. The molecule has 0 radical (unpaired) electrons. The molecule has 2 aliphatic rings. The van der Waals surface area contributed by atoms with Crippen LogP contribution in [0.5, 0.6) is 11.5 Å². The predicted molar refractivity (Wildman–Crippen MR) is 71.4 cm³/mol. The molecule has 0 aliphatic carbocycles. The van der Waals surface area contributed by atoms with E-state index in [4.69, 9.17) is 19.9 Å². The molecule has 0 atom stereocenters. The number of nitrogens with one attached hydrogen (secondary N) is 1. The molecule has 104 valence electrons. The van der Waals surface area contributed by atoms with Crippen molar-refractivity contribution in [1.29, 1.82) is 0 Å². The van der Waals surface area contributed by atoms with Gasteiger partial charge in [-0.25, -0.2) is 0 Å². The average Bonchev–Trinajstić information content (AvgIpc) is 2.42. The molecule has 0 spiro atoms. The zero-order chi connectivity index (χ0) is 13.1. The molecule has 0 unspecified atom stereocenters. The van der Waals surface area contributed by atoms with Crippen LogP contribution < -0.4 is 20.5 Å². The Bertz CT molecular complexity index is 441. The minimum Gasteiger partial charge on any atom is -0.486 e. The Morgan fingerprint density at radius 1 is 1.16 bits per heavy atom. The van der Waals surface area contributed by atoms with E-state index < -0.39 is 0 Å².